The molecule has 0 amide bonds. The molecule has 0 saturated heterocycles. The largest absolute Gasteiger partial charge is 0.504 e. The number of ether oxygens (including phenoxy) is 3. The van der Waals surface area contributed by atoms with E-state index in [0.717, 1.165) is 0 Å². The predicted octanol–water partition coefficient (Wildman–Crippen LogP) is 4.16. The predicted molar refractivity (Wildman–Crippen MR) is 135 cm³/mol. The van der Waals surface area contributed by atoms with E-state index in [2.05, 4.69) is 15.0 Å². The minimum absolute atomic E-state index is 0.0788. The van der Waals surface area contributed by atoms with Crippen molar-refractivity contribution in [3.63, 3.8) is 0 Å². The average Bonchev–Trinajstić information content (AvgIpc) is 2.87. The van der Waals surface area contributed by atoms with Crippen molar-refractivity contribution in [3.05, 3.63) is 71.3 Å². The maximum atomic E-state index is 10.4. The molecule has 0 aliphatic carbocycles. The molecule has 35 heavy (non-hydrogen) atoms. The van der Waals surface area contributed by atoms with Crippen molar-refractivity contribution in [1.29, 1.82) is 0 Å². The number of phenols is 3. The molecule has 0 saturated carbocycles. The zero-order valence-electron chi connectivity index (χ0n) is 19.8. The molecule has 3 aromatic carbocycles. The maximum Gasteiger partial charge on any atom is 0.241 e. The quantitative estimate of drug-likeness (QED) is 0.398. The number of rotatable bonds is 9. The molecule has 0 fully saturated rings. The van der Waals surface area contributed by atoms with Gasteiger partial charge in [0.2, 0.25) is 5.79 Å². The van der Waals surface area contributed by atoms with Crippen LogP contribution in [0.3, 0.4) is 0 Å². The smallest absolute Gasteiger partial charge is 0.241 e. The Bertz CT molecular complexity index is 1120. The van der Waals surface area contributed by atoms with Crippen LogP contribution >= 0.6 is 0 Å². The van der Waals surface area contributed by atoms with Crippen LogP contribution in [0.5, 0.6) is 34.5 Å². The third-order valence-electron chi connectivity index (χ3n) is 5.09. The Morgan fingerprint density at radius 2 is 0.857 bits per heavy atom. The molecule has 3 rings (SSSR count). The van der Waals surface area contributed by atoms with Gasteiger partial charge in [0.25, 0.3) is 0 Å². The van der Waals surface area contributed by atoms with Crippen molar-refractivity contribution in [2.24, 2.45) is 15.0 Å². The first-order valence-electron chi connectivity index (χ1n) is 10.6. The van der Waals surface area contributed by atoms with Gasteiger partial charge in [-0.1, -0.05) is 18.2 Å². The minimum Gasteiger partial charge on any atom is -0.504 e. The van der Waals surface area contributed by atoms with Crippen LogP contribution in [0.15, 0.2) is 69.6 Å². The highest BCUT2D eigenvalue weighted by atomic mass is 16.5. The lowest BCUT2D eigenvalue weighted by molar-refractivity contribution is 0.373. The van der Waals surface area contributed by atoms with Crippen LogP contribution in [0.25, 0.3) is 0 Å². The van der Waals surface area contributed by atoms with Gasteiger partial charge in [-0.05, 0) is 36.4 Å². The van der Waals surface area contributed by atoms with Gasteiger partial charge in [0.1, 0.15) is 0 Å². The van der Waals surface area contributed by atoms with Gasteiger partial charge >= 0.3 is 0 Å². The van der Waals surface area contributed by atoms with Crippen LogP contribution in [-0.4, -0.2) is 61.1 Å². The molecule has 0 radical (unpaired) electrons. The summed E-state index contributed by atoms with van der Waals surface area (Å²) in [5, 5.41) is 31.2. The summed E-state index contributed by atoms with van der Waals surface area (Å²) < 4.78 is 15.4. The maximum absolute atomic E-state index is 10.4. The molecule has 0 aliphatic heterocycles. The van der Waals surface area contributed by atoms with Crippen LogP contribution in [-0.2, 0) is 0 Å². The summed E-state index contributed by atoms with van der Waals surface area (Å²) in [4.78, 5) is 13.4. The standard InChI is InChI=1S/C26H27N3O6/c1-26(27-14-17-8-5-11-20(33-2)23(17)30,28-15-18-9-6-12-21(34-3)24(18)31)29-16-19-10-7-13-22(35-4)25(19)32/h5-16,30-32H,1-4H3/b27-14+,28-15+,29-16+. The molecule has 9 heteroatoms. The fraction of sp³-hybridized carbons (Fsp3) is 0.192. The molecule has 0 heterocycles. The second-order valence-corrected chi connectivity index (χ2v) is 7.44. The van der Waals surface area contributed by atoms with Crippen LogP contribution in [0, 0.1) is 0 Å². The first-order chi connectivity index (χ1) is 16.8. The van der Waals surface area contributed by atoms with Gasteiger partial charge in [-0.25, -0.2) is 15.0 Å². The normalized spacial score (nSPS) is 12.0. The summed E-state index contributed by atoms with van der Waals surface area (Å²) in [5.74, 6) is -0.777. The first kappa shape index (κ1) is 25.1. The number of aliphatic imine (C=N–C) groups is 3. The molecular weight excluding hydrogens is 450 g/mol. The second kappa shape index (κ2) is 11.1. The van der Waals surface area contributed by atoms with Crippen molar-refractivity contribution in [2.45, 2.75) is 12.7 Å². The number of hydrogen-bond acceptors (Lipinski definition) is 9. The fourth-order valence-corrected chi connectivity index (χ4v) is 3.10. The zero-order valence-corrected chi connectivity index (χ0v) is 19.8. The van der Waals surface area contributed by atoms with E-state index in [4.69, 9.17) is 14.2 Å². The van der Waals surface area contributed by atoms with Gasteiger partial charge in [-0.2, -0.15) is 0 Å². The number of aromatic hydroxyl groups is 3. The molecule has 182 valence electrons. The zero-order chi connectivity index (χ0) is 25.4. The van der Waals surface area contributed by atoms with Crippen molar-refractivity contribution < 1.29 is 29.5 Å². The van der Waals surface area contributed by atoms with Crippen LogP contribution < -0.4 is 14.2 Å². The van der Waals surface area contributed by atoms with E-state index in [1.807, 2.05) is 0 Å². The lowest BCUT2D eigenvalue weighted by Gasteiger charge is -2.16. The Hall–Kier alpha value is -4.53. The van der Waals surface area contributed by atoms with Crippen molar-refractivity contribution in [3.8, 4) is 34.5 Å². The van der Waals surface area contributed by atoms with Crippen molar-refractivity contribution in [2.75, 3.05) is 21.3 Å². The number of hydrogen-bond donors (Lipinski definition) is 3. The van der Waals surface area contributed by atoms with Crippen molar-refractivity contribution >= 4 is 18.6 Å². The lowest BCUT2D eigenvalue weighted by atomic mass is 10.2. The average molecular weight is 478 g/mol. The van der Waals surface area contributed by atoms with Gasteiger partial charge in [0.05, 0.1) is 21.3 Å². The number of para-hydroxylation sites is 3. The van der Waals surface area contributed by atoms with Gasteiger partial charge in [-0.15, -0.1) is 0 Å². The summed E-state index contributed by atoms with van der Waals surface area (Å²) >= 11 is 0. The molecule has 0 spiro atoms. The van der Waals surface area contributed by atoms with Crippen LogP contribution in [0.1, 0.15) is 23.6 Å². The highest BCUT2D eigenvalue weighted by Gasteiger charge is 2.20. The molecule has 3 N–H and O–H groups in total. The number of nitrogens with zero attached hydrogens (tertiary/aromatic N) is 3. The van der Waals surface area contributed by atoms with Gasteiger partial charge in [0, 0.05) is 42.3 Å². The van der Waals surface area contributed by atoms with Crippen molar-refractivity contribution in [1.82, 2.24) is 0 Å². The third-order valence-corrected chi connectivity index (χ3v) is 5.09. The Morgan fingerprint density at radius 3 is 1.11 bits per heavy atom. The summed E-state index contributed by atoms with van der Waals surface area (Å²) in [6, 6.07) is 15.0. The number of benzene rings is 3. The number of methoxy groups -OCH3 is 3. The van der Waals surface area contributed by atoms with E-state index in [0.29, 0.717) is 33.9 Å². The van der Waals surface area contributed by atoms with E-state index in [9.17, 15) is 15.3 Å². The molecule has 0 unspecified atom stereocenters. The Balaban J connectivity index is 2.04. The van der Waals surface area contributed by atoms with Crippen LogP contribution in [0.4, 0.5) is 0 Å². The fourth-order valence-electron chi connectivity index (χ4n) is 3.10. The lowest BCUT2D eigenvalue weighted by Crippen LogP contribution is -2.17. The van der Waals surface area contributed by atoms with Crippen LogP contribution in [0.2, 0.25) is 0 Å². The Labute approximate surface area is 203 Å². The molecule has 0 aromatic heterocycles. The highest BCUT2D eigenvalue weighted by molar-refractivity contribution is 5.88. The summed E-state index contributed by atoms with van der Waals surface area (Å²) in [6.07, 6.45) is 4.26. The highest BCUT2D eigenvalue weighted by Crippen LogP contribution is 2.31. The van der Waals surface area contributed by atoms with Gasteiger partial charge in [0.15, 0.2) is 34.5 Å². The topological polar surface area (TPSA) is 125 Å². The molecule has 9 nitrogen and oxygen atoms in total. The van der Waals surface area contributed by atoms with E-state index in [1.54, 1.807) is 61.5 Å². The minimum atomic E-state index is -1.43. The van der Waals surface area contributed by atoms with Gasteiger partial charge in [-0.3, -0.25) is 0 Å². The molecule has 0 atom stereocenters. The van der Waals surface area contributed by atoms with E-state index in [1.165, 1.54) is 40.0 Å². The molecular formula is C26H27N3O6. The SMILES string of the molecule is COc1cccc(/C=N/C(C)(/N=C/c2cccc(OC)c2O)/N=C/c2cccc(OC)c2O)c1O. The first-order valence-corrected chi connectivity index (χ1v) is 10.6. The molecule has 0 aliphatic rings. The summed E-state index contributed by atoms with van der Waals surface area (Å²) in [5.41, 5.74) is 1.19. The molecule has 3 aromatic rings. The second-order valence-electron chi connectivity index (χ2n) is 7.44. The molecule has 0 bridgehead atoms. The third kappa shape index (κ3) is 5.89. The van der Waals surface area contributed by atoms with E-state index in [-0.39, 0.29) is 17.2 Å². The summed E-state index contributed by atoms with van der Waals surface area (Å²) in [7, 11) is 4.36. The van der Waals surface area contributed by atoms with E-state index < -0.39 is 5.79 Å². The monoisotopic (exact) mass is 477 g/mol. The number of phenolic OH excluding ortho intramolecular Hbond substituents is 3. The Kier molecular flexibility index (Phi) is 7.93. The summed E-state index contributed by atoms with van der Waals surface area (Å²) in [6.45, 7) is 1.63. The van der Waals surface area contributed by atoms with E-state index >= 15 is 0 Å². The van der Waals surface area contributed by atoms with Gasteiger partial charge < -0.3 is 29.5 Å². The Morgan fingerprint density at radius 1 is 0.571 bits per heavy atom.